The Morgan fingerprint density at radius 2 is 2.20 bits per heavy atom. The molecule has 0 heterocycles. The van der Waals surface area contributed by atoms with E-state index in [4.69, 9.17) is 5.73 Å². The molecule has 0 spiro atoms. The topological polar surface area (TPSA) is 26.0 Å². The molecule has 2 N–H and O–H groups in total. The van der Waals surface area contributed by atoms with E-state index in [9.17, 15) is 0 Å². The third-order valence-electron chi connectivity index (χ3n) is 1.45. The van der Waals surface area contributed by atoms with Crippen LogP contribution in [0.25, 0.3) is 0 Å². The Labute approximate surface area is 76.5 Å². The van der Waals surface area contributed by atoms with E-state index < -0.39 is 0 Å². The van der Waals surface area contributed by atoms with Crippen LogP contribution in [-0.2, 0) is 0 Å². The van der Waals surface area contributed by atoms with Crippen molar-refractivity contribution in [2.45, 2.75) is 23.3 Å². The third-order valence-corrected chi connectivity index (χ3v) is 2.79. The van der Waals surface area contributed by atoms with Crippen LogP contribution in [0, 0.1) is 0 Å². The van der Waals surface area contributed by atoms with Crippen molar-refractivity contribution in [3.63, 3.8) is 0 Å². The standard InChI is InChI=1S/C8H14IN/c1-4-5-6-8(3,10)7(2)9/h4-7H,1,10H2,2-3H3/b6-5-/t7-,8?/m0/s1. The third kappa shape index (κ3) is 3.37. The maximum atomic E-state index is 5.90. The number of hydrogen-bond acceptors (Lipinski definition) is 1. The van der Waals surface area contributed by atoms with Gasteiger partial charge in [-0.2, -0.15) is 0 Å². The second kappa shape index (κ2) is 4.13. The van der Waals surface area contributed by atoms with Crippen molar-refractivity contribution in [2.75, 3.05) is 0 Å². The van der Waals surface area contributed by atoms with Gasteiger partial charge in [-0.05, 0) is 6.92 Å². The Balaban J connectivity index is 4.11. The first-order valence-corrected chi connectivity index (χ1v) is 4.48. The van der Waals surface area contributed by atoms with Crippen LogP contribution in [0.15, 0.2) is 24.8 Å². The Morgan fingerprint density at radius 1 is 1.70 bits per heavy atom. The van der Waals surface area contributed by atoms with Gasteiger partial charge in [-0.1, -0.05) is 54.3 Å². The summed E-state index contributed by atoms with van der Waals surface area (Å²) in [6, 6.07) is 0. The van der Waals surface area contributed by atoms with E-state index in [0.29, 0.717) is 3.92 Å². The first-order chi connectivity index (χ1) is 4.50. The minimum atomic E-state index is -0.214. The average Bonchev–Trinajstić information content (AvgIpc) is 1.84. The second-order valence-corrected chi connectivity index (χ2v) is 4.45. The quantitative estimate of drug-likeness (QED) is 0.464. The van der Waals surface area contributed by atoms with Crippen molar-refractivity contribution in [1.29, 1.82) is 0 Å². The number of halogens is 1. The van der Waals surface area contributed by atoms with Gasteiger partial charge in [0.25, 0.3) is 0 Å². The summed E-state index contributed by atoms with van der Waals surface area (Å²) in [4.78, 5) is 0. The van der Waals surface area contributed by atoms with Gasteiger partial charge in [-0.3, -0.25) is 0 Å². The molecular formula is C8H14IN. The Morgan fingerprint density at radius 3 is 2.50 bits per heavy atom. The van der Waals surface area contributed by atoms with Crippen LogP contribution in [-0.4, -0.2) is 9.46 Å². The van der Waals surface area contributed by atoms with Crippen LogP contribution in [0.1, 0.15) is 13.8 Å². The zero-order valence-electron chi connectivity index (χ0n) is 6.47. The van der Waals surface area contributed by atoms with Gasteiger partial charge in [-0.15, -0.1) is 0 Å². The summed E-state index contributed by atoms with van der Waals surface area (Å²) in [5, 5.41) is 0. The van der Waals surface area contributed by atoms with E-state index in [1.165, 1.54) is 0 Å². The number of allylic oxidation sites excluding steroid dienone is 2. The maximum absolute atomic E-state index is 5.90. The number of alkyl halides is 1. The molecule has 0 aliphatic carbocycles. The van der Waals surface area contributed by atoms with Gasteiger partial charge in [0.05, 0.1) is 0 Å². The van der Waals surface area contributed by atoms with Crippen LogP contribution < -0.4 is 5.73 Å². The van der Waals surface area contributed by atoms with Crippen LogP contribution in [0.3, 0.4) is 0 Å². The maximum Gasteiger partial charge on any atom is 0.0430 e. The van der Waals surface area contributed by atoms with E-state index >= 15 is 0 Å². The highest BCUT2D eigenvalue weighted by Crippen LogP contribution is 2.16. The molecule has 0 saturated carbocycles. The van der Waals surface area contributed by atoms with Crippen LogP contribution in [0.2, 0.25) is 0 Å². The van der Waals surface area contributed by atoms with Gasteiger partial charge >= 0.3 is 0 Å². The van der Waals surface area contributed by atoms with Crippen LogP contribution in [0.4, 0.5) is 0 Å². The summed E-state index contributed by atoms with van der Waals surface area (Å²) >= 11 is 2.31. The van der Waals surface area contributed by atoms with Gasteiger partial charge in [0.2, 0.25) is 0 Å². The molecule has 0 aromatic rings. The van der Waals surface area contributed by atoms with Gasteiger partial charge in [0, 0.05) is 9.46 Å². The molecule has 0 bridgehead atoms. The van der Waals surface area contributed by atoms with Crippen molar-refractivity contribution in [1.82, 2.24) is 0 Å². The Kier molecular flexibility index (Phi) is 4.20. The molecule has 58 valence electrons. The predicted octanol–water partition coefficient (Wildman–Crippen LogP) is 2.27. The SMILES string of the molecule is C=C/C=C\C(C)(N)[C@H](C)I. The normalized spacial score (nSPS) is 20.4. The van der Waals surface area contributed by atoms with E-state index in [2.05, 4.69) is 36.1 Å². The molecule has 0 radical (unpaired) electrons. The molecule has 0 saturated heterocycles. The van der Waals surface area contributed by atoms with Crippen LogP contribution in [0.5, 0.6) is 0 Å². The lowest BCUT2D eigenvalue weighted by atomic mass is 10.0. The summed E-state index contributed by atoms with van der Waals surface area (Å²) in [6.07, 6.45) is 5.59. The number of hydrogen-bond donors (Lipinski definition) is 1. The summed E-state index contributed by atoms with van der Waals surface area (Å²) in [5.74, 6) is 0. The van der Waals surface area contributed by atoms with Crippen molar-refractivity contribution < 1.29 is 0 Å². The minimum Gasteiger partial charge on any atom is -0.321 e. The van der Waals surface area contributed by atoms with Gasteiger partial charge in [0.15, 0.2) is 0 Å². The summed E-state index contributed by atoms with van der Waals surface area (Å²) < 4.78 is 0.432. The van der Waals surface area contributed by atoms with Gasteiger partial charge in [0.1, 0.15) is 0 Å². The highest BCUT2D eigenvalue weighted by molar-refractivity contribution is 14.1. The lowest BCUT2D eigenvalue weighted by Crippen LogP contribution is -2.41. The van der Waals surface area contributed by atoms with E-state index in [-0.39, 0.29) is 5.54 Å². The Hall–Kier alpha value is 0.170. The largest absolute Gasteiger partial charge is 0.321 e. The first kappa shape index (κ1) is 10.2. The van der Waals surface area contributed by atoms with Crippen molar-refractivity contribution in [3.8, 4) is 0 Å². The molecule has 2 heteroatoms. The molecule has 0 aromatic heterocycles. The van der Waals surface area contributed by atoms with Gasteiger partial charge < -0.3 is 5.73 Å². The molecule has 0 aliphatic rings. The summed E-state index contributed by atoms with van der Waals surface area (Å²) in [5.41, 5.74) is 5.69. The molecule has 1 unspecified atom stereocenters. The van der Waals surface area contributed by atoms with Gasteiger partial charge in [-0.25, -0.2) is 0 Å². The summed E-state index contributed by atoms with van der Waals surface area (Å²) in [6.45, 7) is 7.67. The molecule has 1 nitrogen and oxygen atoms in total. The lowest BCUT2D eigenvalue weighted by Gasteiger charge is -2.23. The highest BCUT2D eigenvalue weighted by Gasteiger charge is 2.19. The molecule has 0 aromatic carbocycles. The monoisotopic (exact) mass is 251 g/mol. The zero-order valence-corrected chi connectivity index (χ0v) is 8.63. The molecule has 0 rings (SSSR count). The van der Waals surface area contributed by atoms with Crippen molar-refractivity contribution >= 4 is 22.6 Å². The molecule has 10 heavy (non-hydrogen) atoms. The molecule has 0 aliphatic heterocycles. The van der Waals surface area contributed by atoms with E-state index in [0.717, 1.165) is 0 Å². The van der Waals surface area contributed by atoms with E-state index in [1.807, 2.05) is 19.1 Å². The number of nitrogens with two attached hydrogens (primary N) is 1. The molecule has 0 amide bonds. The number of rotatable bonds is 3. The molecule has 2 atom stereocenters. The fourth-order valence-corrected chi connectivity index (χ4v) is 0.616. The minimum absolute atomic E-state index is 0.214. The fraction of sp³-hybridized carbons (Fsp3) is 0.500. The van der Waals surface area contributed by atoms with E-state index in [1.54, 1.807) is 6.08 Å². The summed E-state index contributed by atoms with van der Waals surface area (Å²) in [7, 11) is 0. The Bertz CT molecular complexity index is 136. The first-order valence-electron chi connectivity index (χ1n) is 3.24. The fourth-order valence-electron chi connectivity index (χ4n) is 0.408. The highest BCUT2D eigenvalue weighted by atomic mass is 127. The average molecular weight is 251 g/mol. The zero-order chi connectivity index (χ0) is 8.20. The van der Waals surface area contributed by atoms with Crippen molar-refractivity contribution in [2.24, 2.45) is 5.73 Å². The second-order valence-electron chi connectivity index (χ2n) is 2.58. The van der Waals surface area contributed by atoms with Crippen LogP contribution >= 0.6 is 22.6 Å². The predicted molar refractivity (Wildman–Crippen MR) is 55.4 cm³/mol. The lowest BCUT2D eigenvalue weighted by molar-refractivity contribution is 0.594. The molecular weight excluding hydrogens is 237 g/mol. The smallest absolute Gasteiger partial charge is 0.0430 e. The van der Waals surface area contributed by atoms with Crippen molar-refractivity contribution in [3.05, 3.63) is 24.8 Å². The molecule has 0 fully saturated rings.